The summed E-state index contributed by atoms with van der Waals surface area (Å²) in [4.78, 5) is 33.7. The Kier molecular flexibility index (Phi) is 3.79. The van der Waals surface area contributed by atoms with Gasteiger partial charge in [-0.2, -0.15) is 0 Å². The number of carbonyl (C=O) groups excluding carboxylic acids is 2. The standard InChI is InChI=1S/C13H14N2O4/c16-11-6-5-10(14-11)13(19)15-9-4-2-1-3-8(9)7-12(17)18/h1-4,10H,5-7H2,(H,14,16)(H,15,19)(H,17,18)/t10-/m0/s1. The maximum Gasteiger partial charge on any atom is 0.307 e. The van der Waals surface area contributed by atoms with Crippen LogP contribution in [0.4, 0.5) is 5.69 Å². The lowest BCUT2D eigenvalue weighted by molar-refractivity contribution is -0.136. The van der Waals surface area contributed by atoms with E-state index in [0.717, 1.165) is 0 Å². The molecule has 19 heavy (non-hydrogen) atoms. The second kappa shape index (κ2) is 5.51. The SMILES string of the molecule is O=C(O)Cc1ccccc1NC(=O)[C@@H]1CCC(=O)N1. The van der Waals surface area contributed by atoms with E-state index in [1.807, 2.05) is 0 Å². The molecule has 1 aromatic rings. The summed E-state index contributed by atoms with van der Waals surface area (Å²) in [6, 6.07) is 6.19. The maximum atomic E-state index is 11.9. The summed E-state index contributed by atoms with van der Waals surface area (Å²) in [5.74, 6) is -1.42. The number of carboxylic acid groups (broad SMARTS) is 1. The third-order valence-electron chi connectivity index (χ3n) is 2.93. The molecule has 0 bridgehead atoms. The van der Waals surface area contributed by atoms with Gasteiger partial charge in [0, 0.05) is 12.1 Å². The second-order valence-electron chi connectivity index (χ2n) is 4.38. The molecule has 0 saturated carbocycles. The van der Waals surface area contributed by atoms with Crippen LogP contribution in [-0.4, -0.2) is 28.9 Å². The molecule has 1 aliphatic rings. The van der Waals surface area contributed by atoms with Gasteiger partial charge in [0.2, 0.25) is 11.8 Å². The number of benzene rings is 1. The zero-order valence-corrected chi connectivity index (χ0v) is 10.2. The Hall–Kier alpha value is -2.37. The molecule has 0 unspecified atom stereocenters. The highest BCUT2D eigenvalue weighted by Crippen LogP contribution is 2.17. The number of aliphatic carboxylic acids is 1. The molecular formula is C13H14N2O4. The lowest BCUT2D eigenvalue weighted by Gasteiger charge is -2.13. The largest absolute Gasteiger partial charge is 0.481 e. The molecule has 1 aromatic carbocycles. The Morgan fingerprint density at radius 1 is 1.37 bits per heavy atom. The molecule has 0 radical (unpaired) electrons. The van der Waals surface area contributed by atoms with Crippen LogP contribution in [0, 0.1) is 0 Å². The van der Waals surface area contributed by atoms with E-state index in [2.05, 4.69) is 10.6 Å². The fourth-order valence-corrected chi connectivity index (χ4v) is 1.99. The van der Waals surface area contributed by atoms with Crippen molar-refractivity contribution in [3.63, 3.8) is 0 Å². The second-order valence-corrected chi connectivity index (χ2v) is 4.38. The minimum atomic E-state index is -0.962. The van der Waals surface area contributed by atoms with E-state index in [4.69, 9.17) is 5.11 Å². The predicted molar refractivity (Wildman–Crippen MR) is 67.6 cm³/mol. The van der Waals surface area contributed by atoms with Gasteiger partial charge >= 0.3 is 5.97 Å². The van der Waals surface area contributed by atoms with Crippen LogP contribution in [0.1, 0.15) is 18.4 Å². The van der Waals surface area contributed by atoms with Crippen molar-refractivity contribution < 1.29 is 19.5 Å². The quantitative estimate of drug-likeness (QED) is 0.737. The molecule has 1 heterocycles. The van der Waals surface area contributed by atoms with Crippen LogP contribution in [-0.2, 0) is 20.8 Å². The summed E-state index contributed by atoms with van der Waals surface area (Å²) in [6.07, 6.45) is 0.647. The Labute approximate surface area is 109 Å². The van der Waals surface area contributed by atoms with Crippen LogP contribution in [0.5, 0.6) is 0 Å². The number of anilines is 1. The first kappa shape index (κ1) is 13.1. The molecule has 100 valence electrons. The fraction of sp³-hybridized carbons (Fsp3) is 0.308. The van der Waals surface area contributed by atoms with Gasteiger partial charge in [0.15, 0.2) is 0 Å². The molecule has 3 N–H and O–H groups in total. The average Bonchev–Trinajstić information content (AvgIpc) is 2.78. The molecular weight excluding hydrogens is 248 g/mol. The third kappa shape index (κ3) is 3.31. The van der Waals surface area contributed by atoms with Crippen LogP contribution in [0.15, 0.2) is 24.3 Å². The van der Waals surface area contributed by atoms with Gasteiger partial charge in [-0.1, -0.05) is 18.2 Å². The minimum absolute atomic E-state index is 0.140. The first-order chi connectivity index (χ1) is 9.06. The van der Waals surface area contributed by atoms with E-state index in [-0.39, 0.29) is 18.2 Å². The Bertz CT molecular complexity index is 527. The van der Waals surface area contributed by atoms with Crippen molar-refractivity contribution in [1.29, 1.82) is 0 Å². The summed E-state index contributed by atoms with van der Waals surface area (Å²) < 4.78 is 0. The summed E-state index contributed by atoms with van der Waals surface area (Å²) >= 11 is 0. The molecule has 0 spiro atoms. The highest BCUT2D eigenvalue weighted by Gasteiger charge is 2.27. The lowest BCUT2D eigenvalue weighted by atomic mass is 10.1. The van der Waals surface area contributed by atoms with Crippen molar-refractivity contribution in [3.05, 3.63) is 29.8 Å². The predicted octanol–water partition coefficient (Wildman–Crippen LogP) is 0.531. The van der Waals surface area contributed by atoms with Gasteiger partial charge in [0.1, 0.15) is 6.04 Å². The van der Waals surface area contributed by atoms with E-state index in [9.17, 15) is 14.4 Å². The summed E-state index contributed by atoms with van der Waals surface area (Å²) in [5, 5.41) is 14.0. The molecule has 1 saturated heterocycles. The molecule has 6 nitrogen and oxygen atoms in total. The average molecular weight is 262 g/mol. The number of amides is 2. The van der Waals surface area contributed by atoms with Gasteiger partial charge in [-0.25, -0.2) is 0 Å². The van der Waals surface area contributed by atoms with Crippen LogP contribution in [0.25, 0.3) is 0 Å². The number of carbonyl (C=O) groups is 3. The molecule has 0 aromatic heterocycles. The fourth-order valence-electron chi connectivity index (χ4n) is 1.99. The number of para-hydroxylation sites is 1. The Morgan fingerprint density at radius 3 is 2.74 bits per heavy atom. The number of hydrogen-bond acceptors (Lipinski definition) is 3. The van der Waals surface area contributed by atoms with Crippen molar-refractivity contribution in [3.8, 4) is 0 Å². The van der Waals surface area contributed by atoms with Gasteiger partial charge in [0.25, 0.3) is 0 Å². The van der Waals surface area contributed by atoms with Gasteiger partial charge in [0.05, 0.1) is 6.42 Å². The van der Waals surface area contributed by atoms with E-state index in [1.165, 1.54) is 0 Å². The van der Waals surface area contributed by atoms with Gasteiger partial charge in [-0.15, -0.1) is 0 Å². The minimum Gasteiger partial charge on any atom is -0.481 e. The number of hydrogen-bond donors (Lipinski definition) is 3. The number of nitrogens with one attached hydrogen (secondary N) is 2. The molecule has 2 amide bonds. The highest BCUT2D eigenvalue weighted by molar-refractivity contribution is 5.99. The first-order valence-corrected chi connectivity index (χ1v) is 5.96. The van der Waals surface area contributed by atoms with Crippen LogP contribution in [0.2, 0.25) is 0 Å². The van der Waals surface area contributed by atoms with Crippen LogP contribution in [0.3, 0.4) is 0 Å². The zero-order valence-electron chi connectivity index (χ0n) is 10.2. The van der Waals surface area contributed by atoms with Gasteiger partial charge in [-0.3, -0.25) is 14.4 Å². The summed E-state index contributed by atoms with van der Waals surface area (Å²) in [5.41, 5.74) is 1.00. The Balaban J connectivity index is 2.08. The third-order valence-corrected chi connectivity index (χ3v) is 2.93. The van der Waals surface area contributed by atoms with Crippen LogP contribution < -0.4 is 10.6 Å². The van der Waals surface area contributed by atoms with E-state index in [1.54, 1.807) is 24.3 Å². The van der Waals surface area contributed by atoms with Crippen molar-refractivity contribution in [1.82, 2.24) is 5.32 Å². The van der Waals surface area contributed by atoms with Crippen molar-refractivity contribution in [2.45, 2.75) is 25.3 Å². The topological polar surface area (TPSA) is 95.5 Å². The number of carboxylic acids is 1. The monoisotopic (exact) mass is 262 g/mol. The smallest absolute Gasteiger partial charge is 0.307 e. The zero-order chi connectivity index (χ0) is 13.8. The Morgan fingerprint density at radius 2 is 2.11 bits per heavy atom. The van der Waals surface area contributed by atoms with Gasteiger partial charge < -0.3 is 15.7 Å². The molecule has 1 atom stereocenters. The van der Waals surface area contributed by atoms with E-state index >= 15 is 0 Å². The first-order valence-electron chi connectivity index (χ1n) is 5.96. The van der Waals surface area contributed by atoms with E-state index in [0.29, 0.717) is 24.1 Å². The number of rotatable bonds is 4. The van der Waals surface area contributed by atoms with Crippen molar-refractivity contribution >= 4 is 23.5 Å². The molecule has 1 aliphatic heterocycles. The molecule has 6 heteroatoms. The van der Waals surface area contributed by atoms with Crippen molar-refractivity contribution in [2.75, 3.05) is 5.32 Å². The summed E-state index contributed by atoms with van der Waals surface area (Å²) in [6.45, 7) is 0. The highest BCUT2D eigenvalue weighted by atomic mass is 16.4. The molecule has 2 rings (SSSR count). The normalized spacial score (nSPS) is 17.9. The van der Waals surface area contributed by atoms with E-state index < -0.39 is 12.0 Å². The molecule has 1 fully saturated rings. The van der Waals surface area contributed by atoms with Crippen molar-refractivity contribution in [2.24, 2.45) is 0 Å². The molecule has 0 aliphatic carbocycles. The maximum absolute atomic E-state index is 11.9. The lowest BCUT2D eigenvalue weighted by Crippen LogP contribution is -2.37. The van der Waals surface area contributed by atoms with Gasteiger partial charge in [-0.05, 0) is 18.1 Å². The van der Waals surface area contributed by atoms with Crippen LogP contribution >= 0.6 is 0 Å². The summed E-state index contributed by atoms with van der Waals surface area (Å²) in [7, 11) is 0.